The van der Waals surface area contributed by atoms with Crippen LogP contribution in [-0.2, 0) is 16.1 Å². The highest BCUT2D eigenvalue weighted by atomic mass is 16.5. The first kappa shape index (κ1) is 29.5. The lowest BCUT2D eigenvalue weighted by atomic mass is 9.83. The number of nitrogens with zero attached hydrogens (tertiary/aromatic N) is 4. The molecule has 0 radical (unpaired) electrons. The van der Waals surface area contributed by atoms with Gasteiger partial charge in [0.1, 0.15) is 11.6 Å². The number of carbonyl (C=O) groups excluding carboxylic acids is 4. The molecule has 0 amide bonds. The minimum atomic E-state index is -0.784. The Morgan fingerprint density at radius 1 is 0.886 bits per heavy atom. The van der Waals surface area contributed by atoms with Crippen molar-refractivity contribution in [2.45, 2.75) is 26.3 Å². The summed E-state index contributed by atoms with van der Waals surface area (Å²) in [6.45, 7) is 0.809. The highest BCUT2D eigenvalue weighted by Crippen LogP contribution is 2.34. The third kappa shape index (κ3) is 5.56. The number of azo groups is 1. The zero-order valence-electron chi connectivity index (χ0n) is 23.4. The van der Waals surface area contributed by atoms with Crippen molar-refractivity contribution in [1.82, 2.24) is 4.57 Å². The Hall–Kier alpha value is -6.02. The second-order valence-electron chi connectivity index (χ2n) is 9.90. The molecule has 1 aromatic heterocycles. The number of carbonyl (C=O) groups is 4. The van der Waals surface area contributed by atoms with Crippen LogP contribution in [0.15, 0.2) is 87.8 Å². The average molecular weight is 589 g/mol. The second-order valence-corrected chi connectivity index (χ2v) is 9.90. The molecule has 1 aliphatic rings. The number of esters is 1. The molecular weight excluding hydrogens is 564 g/mol. The Morgan fingerprint density at radius 2 is 1.55 bits per heavy atom. The van der Waals surface area contributed by atoms with Gasteiger partial charge >= 0.3 is 5.97 Å². The molecule has 4 aromatic rings. The summed E-state index contributed by atoms with van der Waals surface area (Å²) in [7, 11) is 0. The first-order chi connectivity index (χ1) is 21.2. The number of ketones is 3. The molecule has 0 bridgehead atoms. The molecule has 11 nitrogen and oxygen atoms in total. The van der Waals surface area contributed by atoms with E-state index in [4.69, 9.17) is 4.74 Å². The van der Waals surface area contributed by atoms with E-state index in [-0.39, 0.29) is 75.7 Å². The molecule has 0 aliphatic heterocycles. The van der Waals surface area contributed by atoms with E-state index in [1.807, 2.05) is 6.07 Å². The van der Waals surface area contributed by atoms with Gasteiger partial charge in [-0.1, -0.05) is 66.7 Å². The van der Waals surface area contributed by atoms with Gasteiger partial charge in [0.15, 0.2) is 29.6 Å². The molecule has 218 valence electrons. The number of aromatic nitrogens is 1. The van der Waals surface area contributed by atoms with Crippen molar-refractivity contribution in [3.63, 3.8) is 0 Å². The lowest BCUT2D eigenvalue weighted by molar-refractivity contribution is -0.142. The van der Waals surface area contributed by atoms with E-state index >= 15 is 0 Å². The van der Waals surface area contributed by atoms with Crippen LogP contribution in [0.5, 0.6) is 5.88 Å². The van der Waals surface area contributed by atoms with Crippen molar-refractivity contribution in [3.05, 3.63) is 122 Å². The van der Waals surface area contributed by atoms with Gasteiger partial charge in [-0.15, -0.1) is 10.2 Å². The Morgan fingerprint density at radius 3 is 2.25 bits per heavy atom. The molecule has 5 rings (SSSR count). The predicted molar refractivity (Wildman–Crippen MR) is 157 cm³/mol. The van der Waals surface area contributed by atoms with Gasteiger partial charge < -0.3 is 9.84 Å². The summed E-state index contributed by atoms with van der Waals surface area (Å²) < 4.78 is 5.94. The molecule has 0 atom stereocenters. The van der Waals surface area contributed by atoms with E-state index < -0.39 is 29.8 Å². The van der Waals surface area contributed by atoms with Crippen LogP contribution in [0.25, 0.3) is 0 Å². The molecular formula is C33H24N4O7. The van der Waals surface area contributed by atoms with Gasteiger partial charge in [-0.3, -0.25) is 28.5 Å². The number of fused-ring (bicyclic) bond motifs is 2. The number of Topliss-reactive ketones (excluding diaryl/α,β-unsaturated/α-hetero) is 1. The molecule has 1 N–H and O–H groups in total. The fraction of sp³-hybridized carbons (Fsp3) is 0.152. The molecule has 11 heteroatoms. The number of aromatic hydroxyl groups is 1. The number of rotatable bonds is 9. The maximum Gasteiger partial charge on any atom is 0.306 e. The van der Waals surface area contributed by atoms with Crippen LogP contribution in [0.3, 0.4) is 0 Å². The van der Waals surface area contributed by atoms with Crippen molar-refractivity contribution in [2.75, 3.05) is 6.61 Å². The molecule has 0 saturated carbocycles. The van der Waals surface area contributed by atoms with E-state index in [1.54, 1.807) is 60.7 Å². The maximum atomic E-state index is 13.4. The zero-order chi connectivity index (χ0) is 31.4. The number of benzene rings is 3. The molecule has 0 saturated heterocycles. The Kier molecular flexibility index (Phi) is 8.35. The summed E-state index contributed by atoms with van der Waals surface area (Å²) in [5, 5.41) is 28.5. The number of hydrogen-bond donors (Lipinski definition) is 1. The lowest BCUT2D eigenvalue weighted by Gasteiger charge is -2.18. The van der Waals surface area contributed by atoms with Gasteiger partial charge in [-0.2, -0.15) is 5.26 Å². The first-order valence-corrected chi connectivity index (χ1v) is 13.6. The van der Waals surface area contributed by atoms with Gasteiger partial charge in [-0.05, 0) is 19.4 Å². The summed E-state index contributed by atoms with van der Waals surface area (Å²) in [6.07, 6.45) is -0.132. The monoisotopic (exact) mass is 588 g/mol. The summed E-state index contributed by atoms with van der Waals surface area (Å²) >= 11 is 0. The fourth-order valence-corrected chi connectivity index (χ4v) is 4.89. The average Bonchev–Trinajstić information content (AvgIpc) is 3.04. The first-order valence-electron chi connectivity index (χ1n) is 13.6. The van der Waals surface area contributed by atoms with Crippen LogP contribution in [0.4, 0.5) is 11.4 Å². The van der Waals surface area contributed by atoms with Gasteiger partial charge in [0.2, 0.25) is 5.88 Å². The third-order valence-electron chi connectivity index (χ3n) is 7.18. The maximum absolute atomic E-state index is 13.4. The molecule has 0 spiro atoms. The smallest absolute Gasteiger partial charge is 0.306 e. The van der Waals surface area contributed by atoms with E-state index in [0.717, 1.165) is 4.57 Å². The summed E-state index contributed by atoms with van der Waals surface area (Å²) in [6, 6.07) is 21.2. The van der Waals surface area contributed by atoms with E-state index in [1.165, 1.54) is 19.1 Å². The van der Waals surface area contributed by atoms with Crippen molar-refractivity contribution < 1.29 is 29.0 Å². The minimum absolute atomic E-state index is 0.0402. The molecule has 0 fully saturated rings. The SMILES string of the molecule is Cc1c(C#N)c(O)n(CCCC(=O)OCC(=O)c2ccccc2)c(=O)c1N=Nc1cccc2c1C(=O)c1ccccc1C2=O. The van der Waals surface area contributed by atoms with Crippen molar-refractivity contribution in [2.24, 2.45) is 10.2 Å². The van der Waals surface area contributed by atoms with Gasteiger partial charge in [0.05, 0.1) is 11.3 Å². The Labute approximate surface area is 250 Å². The number of hydrogen-bond acceptors (Lipinski definition) is 10. The van der Waals surface area contributed by atoms with Gasteiger partial charge in [-0.25, -0.2) is 0 Å². The molecule has 1 aliphatic carbocycles. The highest BCUT2D eigenvalue weighted by molar-refractivity contribution is 6.29. The van der Waals surface area contributed by atoms with Crippen molar-refractivity contribution in [1.29, 1.82) is 5.26 Å². The third-order valence-corrected chi connectivity index (χ3v) is 7.18. The van der Waals surface area contributed by atoms with Crippen LogP contribution in [0.2, 0.25) is 0 Å². The molecule has 44 heavy (non-hydrogen) atoms. The predicted octanol–water partition coefficient (Wildman–Crippen LogP) is 5.13. The van der Waals surface area contributed by atoms with Crippen LogP contribution in [0.1, 0.15) is 66.2 Å². The van der Waals surface area contributed by atoms with E-state index in [0.29, 0.717) is 5.56 Å². The number of ether oxygens (including phenoxy) is 1. The van der Waals surface area contributed by atoms with Gasteiger partial charge in [0.25, 0.3) is 5.56 Å². The van der Waals surface area contributed by atoms with Crippen LogP contribution in [0, 0.1) is 18.3 Å². The van der Waals surface area contributed by atoms with Crippen LogP contribution < -0.4 is 5.56 Å². The highest BCUT2D eigenvalue weighted by Gasteiger charge is 2.31. The summed E-state index contributed by atoms with van der Waals surface area (Å²) in [4.78, 5) is 64.1. The van der Waals surface area contributed by atoms with Gasteiger partial charge in [0, 0.05) is 40.8 Å². The molecule has 3 aromatic carbocycles. The standard InChI is InChI=1S/C33H24N4O7/c1-19-24(17-34)32(42)37(16-8-15-27(39)44-18-26(38)20-9-3-2-4-10-20)33(43)29(19)36-35-25-14-7-13-23-28(25)31(41)22-12-6-5-11-21(22)30(23)40/h2-7,9-14,42H,8,15-16,18H2,1H3. The zero-order valence-corrected chi connectivity index (χ0v) is 23.4. The quantitative estimate of drug-likeness (QED) is 0.140. The van der Waals surface area contributed by atoms with Crippen molar-refractivity contribution in [3.8, 4) is 11.9 Å². The molecule has 0 unspecified atom stereocenters. The second kappa shape index (κ2) is 12.5. The summed E-state index contributed by atoms with van der Waals surface area (Å²) in [5.74, 6) is -2.40. The van der Waals surface area contributed by atoms with Crippen LogP contribution in [-0.4, -0.2) is 39.6 Å². The normalized spacial score (nSPS) is 12.0. The molecule has 1 heterocycles. The largest absolute Gasteiger partial charge is 0.493 e. The number of pyridine rings is 1. The van der Waals surface area contributed by atoms with E-state index in [9.17, 15) is 34.3 Å². The lowest BCUT2D eigenvalue weighted by Crippen LogP contribution is -2.23. The van der Waals surface area contributed by atoms with Crippen LogP contribution >= 0.6 is 0 Å². The minimum Gasteiger partial charge on any atom is -0.493 e. The fourth-order valence-electron chi connectivity index (χ4n) is 4.89. The van der Waals surface area contributed by atoms with Crippen molar-refractivity contribution >= 4 is 34.7 Å². The number of nitriles is 1. The Balaban J connectivity index is 1.37. The Bertz CT molecular complexity index is 1970. The van der Waals surface area contributed by atoms with E-state index in [2.05, 4.69) is 10.2 Å². The topological polar surface area (TPSA) is 168 Å². The summed E-state index contributed by atoms with van der Waals surface area (Å²) in [5.41, 5.74) is -0.0417.